The third kappa shape index (κ3) is 3.88. The van der Waals surface area contributed by atoms with E-state index < -0.39 is 0 Å². The van der Waals surface area contributed by atoms with Gasteiger partial charge in [0.25, 0.3) is 0 Å². The maximum atomic E-state index is 11.7. The van der Waals surface area contributed by atoms with Gasteiger partial charge >= 0.3 is 0 Å². The Morgan fingerprint density at radius 2 is 2.11 bits per heavy atom. The Balaban J connectivity index is 1.78. The highest BCUT2D eigenvalue weighted by Gasteiger charge is 2.06. The van der Waals surface area contributed by atoms with E-state index in [0.717, 1.165) is 17.7 Å². The molecule has 0 bridgehead atoms. The zero-order valence-electron chi connectivity index (χ0n) is 10.9. The summed E-state index contributed by atoms with van der Waals surface area (Å²) in [4.78, 5) is 11.7. The molecule has 4 heteroatoms. The van der Waals surface area contributed by atoms with Gasteiger partial charge in [-0.25, -0.2) is 0 Å². The smallest absolute Gasteiger partial charge is 0.227 e. The largest absolute Gasteiger partial charge is 0.496 e. The van der Waals surface area contributed by atoms with E-state index in [0.29, 0.717) is 12.3 Å². The van der Waals surface area contributed by atoms with Crippen molar-refractivity contribution < 1.29 is 13.9 Å². The number of amides is 1. The lowest BCUT2D eigenvalue weighted by atomic mass is 10.1. The molecule has 19 heavy (non-hydrogen) atoms. The summed E-state index contributed by atoms with van der Waals surface area (Å²) in [7, 11) is 1.65. The minimum Gasteiger partial charge on any atom is -0.496 e. The van der Waals surface area contributed by atoms with Crippen LogP contribution in [0.1, 0.15) is 11.3 Å². The third-order valence-corrected chi connectivity index (χ3v) is 2.82. The number of carbonyl (C=O) groups excluding carboxylic acids is 1. The van der Waals surface area contributed by atoms with Crippen LogP contribution < -0.4 is 10.1 Å². The lowest BCUT2D eigenvalue weighted by molar-refractivity contribution is -0.120. The number of carbonyl (C=O) groups is 1. The lowest BCUT2D eigenvalue weighted by Gasteiger charge is -2.08. The normalized spacial score (nSPS) is 10.2. The molecule has 0 saturated heterocycles. The van der Waals surface area contributed by atoms with Crippen molar-refractivity contribution in [2.24, 2.45) is 0 Å². The van der Waals surface area contributed by atoms with E-state index in [1.165, 1.54) is 0 Å². The first kappa shape index (κ1) is 13.2. The van der Waals surface area contributed by atoms with Gasteiger partial charge in [-0.2, -0.15) is 0 Å². The summed E-state index contributed by atoms with van der Waals surface area (Å²) in [5.74, 6) is 1.49. The van der Waals surface area contributed by atoms with Crippen LogP contribution in [-0.2, 0) is 17.6 Å². The Kier molecular flexibility index (Phi) is 4.61. The molecule has 0 aliphatic rings. The molecular formula is C15H17NO3. The number of hydrogen-bond acceptors (Lipinski definition) is 3. The first-order valence-electron chi connectivity index (χ1n) is 6.20. The summed E-state index contributed by atoms with van der Waals surface area (Å²) in [6.45, 7) is 0.583. The summed E-state index contributed by atoms with van der Waals surface area (Å²) < 4.78 is 10.4. The number of methoxy groups -OCH3 is 1. The number of para-hydroxylation sites is 1. The summed E-state index contributed by atoms with van der Waals surface area (Å²) in [5.41, 5.74) is 1.09. The fourth-order valence-electron chi connectivity index (χ4n) is 1.88. The molecule has 1 amide bonds. The molecule has 1 N–H and O–H groups in total. The van der Waals surface area contributed by atoms with Crippen LogP contribution in [0.2, 0.25) is 0 Å². The van der Waals surface area contributed by atoms with Crippen molar-refractivity contribution in [2.45, 2.75) is 12.8 Å². The predicted molar refractivity (Wildman–Crippen MR) is 72.1 cm³/mol. The van der Waals surface area contributed by atoms with Crippen LogP contribution in [0.3, 0.4) is 0 Å². The van der Waals surface area contributed by atoms with Crippen LogP contribution in [0.5, 0.6) is 5.75 Å². The number of hydrogen-bond donors (Lipinski definition) is 1. The second-order valence-electron chi connectivity index (χ2n) is 4.17. The van der Waals surface area contributed by atoms with Crippen molar-refractivity contribution in [2.75, 3.05) is 13.7 Å². The second kappa shape index (κ2) is 6.64. The maximum Gasteiger partial charge on any atom is 0.227 e. The number of benzene rings is 1. The first-order chi connectivity index (χ1) is 9.29. The SMILES string of the molecule is COc1ccccc1CCNC(=O)Cc1ccco1. The molecule has 0 aliphatic carbocycles. The van der Waals surface area contributed by atoms with Gasteiger partial charge in [0.15, 0.2) is 0 Å². The monoisotopic (exact) mass is 259 g/mol. The average molecular weight is 259 g/mol. The average Bonchev–Trinajstić information content (AvgIpc) is 2.92. The fraction of sp³-hybridized carbons (Fsp3) is 0.267. The molecule has 2 rings (SSSR count). The quantitative estimate of drug-likeness (QED) is 0.865. The molecule has 100 valence electrons. The van der Waals surface area contributed by atoms with Crippen LogP contribution >= 0.6 is 0 Å². The number of rotatable bonds is 6. The molecule has 1 aromatic carbocycles. The summed E-state index contributed by atoms with van der Waals surface area (Å²) in [6.07, 6.45) is 2.59. The van der Waals surface area contributed by atoms with Crippen molar-refractivity contribution in [1.29, 1.82) is 0 Å². The molecular weight excluding hydrogens is 242 g/mol. The molecule has 4 nitrogen and oxygen atoms in total. The highest BCUT2D eigenvalue weighted by atomic mass is 16.5. The van der Waals surface area contributed by atoms with Crippen molar-refractivity contribution >= 4 is 5.91 Å². The summed E-state index contributed by atoms with van der Waals surface area (Å²) in [5, 5.41) is 2.87. The minimum atomic E-state index is -0.0372. The van der Waals surface area contributed by atoms with Gasteiger partial charge in [-0.05, 0) is 30.2 Å². The molecule has 0 aliphatic heterocycles. The Labute approximate surface area is 112 Å². The van der Waals surface area contributed by atoms with Gasteiger partial charge in [0.05, 0.1) is 19.8 Å². The van der Waals surface area contributed by atoms with E-state index in [2.05, 4.69) is 5.32 Å². The van der Waals surface area contributed by atoms with Crippen LogP contribution in [0.4, 0.5) is 0 Å². The van der Waals surface area contributed by atoms with Crippen molar-refractivity contribution in [3.8, 4) is 5.75 Å². The first-order valence-corrected chi connectivity index (χ1v) is 6.20. The third-order valence-electron chi connectivity index (χ3n) is 2.82. The Morgan fingerprint density at radius 3 is 2.84 bits per heavy atom. The molecule has 0 fully saturated rings. The molecule has 1 aromatic heterocycles. The Morgan fingerprint density at radius 1 is 1.26 bits per heavy atom. The van der Waals surface area contributed by atoms with Gasteiger partial charge in [0, 0.05) is 6.54 Å². The van der Waals surface area contributed by atoms with E-state index in [9.17, 15) is 4.79 Å². The second-order valence-corrected chi connectivity index (χ2v) is 4.17. The van der Waals surface area contributed by atoms with Crippen LogP contribution in [0, 0.1) is 0 Å². The lowest BCUT2D eigenvalue weighted by Crippen LogP contribution is -2.27. The standard InChI is InChI=1S/C15H17NO3/c1-18-14-7-3-2-5-12(14)8-9-16-15(17)11-13-6-4-10-19-13/h2-7,10H,8-9,11H2,1H3,(H,16,17). The highest BCUT2D eigenvalue weighted by Crippen LogP contribution is 2.17. The van der Waals surface area contributed by atoms with Crippen LogP contribution in [0.15, 0.2) is 47.1 Å². The Bertz CT molecular complexity index is 520. The fourth-order valence-corrected chi connectivity index (χ4v) is 1.88. The maximum absolute atomic E-state index is 11.7. The number of nitrogens with one attached hydrogen (secondary N) is 1. The Hall–Kier alpha value is -2.23. The highest BCUT2D eigenvalue weighted by molar-refractivity contribution is 5.77. The van der Waals surface area contributed by atoms with Crippen molar-refractivity contribution in [3.05, 3.63) is 54.0 Å². The van der Waals surface area contributed by atoms with E-state index in [-0.39, 0.29) is 12.3 Å². The number of furan rings is 1. The zero-order chi connectivity index (χ0) is 13.5. The molecule has 2 aromatic rings. The van der Waals surface area contributed by atoms with Gasteiger partial charge in [-0.1, -0.05) is 18.2 Å². The molecule has 0 spiro atoms. The zero-order valence-corrected chi connectivity index (χ0v) is 10.9. The topological polar surface area (TPSA) is 51.5 Å². The van der Waals surface area contributed by atoms with Gasteiger partial charge in [0.2, 0.25) is 5.91 Å². The molecule has 1 heterocycles. The molecule has 0 atom stereocenters. The summed E-state index contributed by atoms with van der Waals surface area (Å²) >= 11 is 0. The minimum absolute atomic E-state index is 0.0372. The van der Waals surface area contributed by atoms with E-state index in [4.69, 9.17) is 9.15 Å². The van der Waals surface area contributed by atoms with Gasteiger partial charge in [-0.3, -0.25) is 4.79 Å². The van der Waals surface area contributed by atoms with Gasteiger partial charge in [0.1, 0.15) is 11.5 Å². The van der Waals surface area contributed by atoms with Gasteiger partial charge in [-0.15, -0.1) is 0 Å². The van der Waals surface area contributed by atoms with Crippen molar-refractivity contribution in [1.82, 2.24) is 5.32 Å². The molecule has 0 saturated carbocycles. The van der Waals surface area contributed by atoms with Crippen LogP contribution in [-0.4, -0.2) is 19.6 Å². The van der Waals surface area contributed by atoms with E-state index >= 15 is 0 Å². The predicted octanol–water partition coefficient (Wildman–Crippen LogP) is 2.19. The van der Waals surface area contributed by atoms with Crippen molar-refractivity contribution in [3.63, 3.8) is 0 Å². The number of ether oxygens (including phenoxy) is 1. The van der Waals surface area contributed by atoms with E-state index in [1.54, 1.807) is 25.5 Å². The molecule has 0 radical (unpaired) electrons. The summed E-state index contributed by atoms with van der Waals surface area (Å²) in [6, 6.07) is 11.4. The van der Waals surface area contributed by atoms with Crippen LogP contribution in [0.25, 0.3) is 0 Å². The van der Waals surface area contributed by atoms with E-state index in [1.807, 2.05) is 24.3 Å². The molecule has 0 unspecified atom stereocenters. The van der Waals surface area contributed by atoms with Gasteiger partial charge < -0.3 is 14.5 Å².